The van der Waals surface area contributed by atoms with E-state index in [1.54, 1.807) is 6.07 Å². The molecular weight excluding hydrogens is 242 g/mol. The number of hydrogen-bond donors (Lipinski definition) is 2. The fourth-order valence-corrected chi connectivity index (χ4v) is 2.99. The molecular formula is C11H15NO4S. The Morgan fingerprint density at radius 1 is 1.59 bits per heavy atom. The van der Waals surface area contributed by atoms with Crippen molar-refractivity contribution >= 4 is 23.0 Å². The molecule has 0 aromatic carbocycles. The second kappa shape index (κ2) is 4.64. The smallest absolute Gasteiger partial charge is 0.350 e. The third kappa shape index (κ3) is 2.29. The molecule has 1 aliphatic rings. The largest absolute Gasteiger partial charge is 0.465 e. The van der Waals surface area contributed by atoms with Crippen LogP contribution in [-0.2, 0) is 15.1 Å². The van der Waals surface area contributed by atoms with Crippen molar-refractivity contribution in [3.63, 3.8) is 0 Å². The van der Waals surface area contributed by atoms with Gasteiger partial charge in [-0.25, -0.2) is 4.79 Å². The summed E-state index contributed by atoms with van der Waals surface area (Å²) in [5.41, 5.74) is 5.18. The molecule has 0 bridgehead atoms. The molecule has 1 aromatic rings. The number of aliphatic hydroxyl groups is 1. The molecule has 1 aliphatic heterocycles. The zero-order chi connectivity index (χ0) is 12.5. The SMILES string of the molecule is COC(=O)c1sc(C2(O)CCOCC2)cc1N. The number of anilines is 1. The molecule has 0 radical (unpaired) electrons. The Morgan fingerprint density at radius 2 is 2.24 bits per heavy atom. The molecule has 1 fully saturated rings. The average Bonchev–Trinajstić information content (AvgIpc) is 2.72. The first-order valence-corrected chi connectivity index (χ1v) is 6.17. The highest BCUT2D eigenvalue weighted by molar-refractivity contribution is 7.14. The molecule has 6 heteroatoms. The van der Waals surface area contributed by atoms with Gasteiger partial charge >= 0.3 is 5.97 Å². The van der Waals surface area contributed by atoms with Gasteiger partial charge in [0.2, 0.25) is 0 Å². The van der Waals surface area contributed by atoms with Crippen LogP contribution in [-0.4, -0.2) is 31.4 Å². The van der Waals surface area contributed by atoms with Gasteiger partial charge in [-0.2, -0.15) is 0 Å². The van der Waals surface area contributed by atoms with E-state index in [1.807, 2.05) is 0 Å². The van der Waals surface area contributed by atoms with Gasteiger partial charge in [-0.3, -0.25) is 0 Å². The van der Waals surface area contributed by atoms with Crippen LogP contribution in [0.4, 0.5) is 5.69 Å². The van der Waals surface area contributed by atoms with Crippen molar-refractivity contribution in [2.75, 3.05) is 26.1 Å². The van der Waals surface area contributed by atoms with Gasteiger partial charge in [0.25, 0.3) is 0 Å². The lowest BCUT2D eigenvalue weighted by molar-refractivity contribution is -0.0655. The fourth-order valence-electron chi connectivity index (χ4n) is 1.84. The van der Waals surface area contributed by atoms with E-state index >= 15 is 0 Å². The molecule has 94 valence electrons. The number of esters is 1. The summed E-state index contributed by atoms with van der Waals surface area (Å²) in [4.78, 5) is 12.5. The van der Waals surface area contributed by atoms with Crippen LogP contribution in [0.15, 0.2) is 6.07 Å². The Kier molecular flexibility index (Phi) is 3.37. The highest BCUT2D eigenvalue weighted by atomic mass is 32.1. The molecule has 2 heterocycles. The Balaban J connectivity index is 2.30. The third-order valence-electron chi connectivity index (χ3n) is 2.91. The first kappa shape index (κ1) is 12.3. The second-order valence-electron chi connectivity index (χ2n) is 4.03. The van der Waals surface area contributed by atoms with Gasteiger partial charge in [-0.05, 0) is 6.07 Å². The van der Waals surface area contributed by atoms with Crippen molar-refractivity contribution in [3.05, 3.63) is 15.8 Å². The summed E-state index contributed by atoms with van der Waals surface area (Å²) in [5, 5.41) is 10.5. The summed E-state index contributed by atoms with van der Waals surface area (Å²) >= 11 is 1.19. The van der Waals surface area contributed by atoms with Crippen LogP contribution in [0.5, 0.6) is 0 Å². The molecule has 0 atom stereocenters. The summed E-state index contributed by atoms with van der Waals surface area (Å²) in [7, 11) is 1.31. The van der Waals surface area contributed by atoms with E-state index < -0.39 is 11.6 Å². The number of ether oxygens (including phenoxy) is 2. The summed E-state index contributed by atoms with van der Waals surface area (Å²) in [6.07, 6.45) is 1.04. The van der Waals surface area contributed by atoms with E-state index in [1.165, 1.54) is 18.4 Å². The topological polar surface area (TPSA) is 81.8 Å². The van der Waals surface area contributed by atoms with Crippen molar-refractivity contribution in [2.24, 2.45) is 0 Å². The molecule has 0 amide bonds. The van der Waals surface area contributed by atoms with E-state index in [0.717, 1.165) is 0 Å². The van der Waals surface area contributed by atoms with Crippen LogP contribution < -0.4 is 5.73 Å². The van der Waals surface area contributed by atoms with E-state index in [9.17, 15) is 9.90 Å². The van der Waals surface area contributed by atoms with Gasteiger partial charge in [0.1, 0.15) is 10.5 Å². The first-order valence-electron chi connectivity index (χ1n) is 5.35. The van der Waals surface area contributed by atoms with Crippen LogP contribution >= 0.6 is 11.3 Å². The van der Waals surface area contributed by atoms with Crippen molar-refractivity contribution in [2.45, 2.75) is 18.4 Å². The predicted molar refractivity (Wildman–Crippen MR) is 64.0 cm³/mol. The quantitative estimate of drug-likeness (QED) is 0.776. The lowest BCUT2D eigenvalue weighted by atomic mass is 9.93. The summed E-state index contributed by atoms with van der Waals surface area (Å²) in [5.74, 6) is -0.464. The number of nitrogens with two attached hydrogens (primary N) is 1. The van der Waals surface area contributed by atoms with Gasteiger partial charge in [-0.15, -0.1) is 11.3 Å². The highest BCUT2D eigenvalue weighted by Crippen LogP contribution is 2.39. The number of methoxy groups -OCH3 is 1. The van der Waals surface area contributed by atoms with Crippen LogP contribution in [0.3, 0.4) is 0 Å². The minimum atomic E-state index is -0.927. The van der Waals surface area contributed by atoms with Gasteiger partial charge in [-0.1, -0.05) is 0 Å². The van der Waals surface area contributed by atoms with E-state index in [0.29, 0.717) is 41.5 Å². The zero-order valence-corrected chi connectivity index (χ0v) is 10.4. The van der Waals surface area contributed by atoms with Crippen molar-refractivity contribution in [1.29, 1.82) is 0 Å². The number of carbonyl (C=O) groups is 1. The standard InChI is InChI=1S/C11H15NO4S/c1-15-10(13)9-7(12)6-8(17-9)11(14)2-4-16-5-3-11/h6,14H,2-5,12H2,1H3. The van der Waals surface area contributed by atoms with Gasteiger partial charge in [0.15, 0.2) is 0 Å². The van der Waals surface area contributed by atoms with Crippen molar-refractivity contribution in [1.82, 2.24) is 0 Å². The van der Waals surface area contributed by atoms with E-state index in [-0.39, 0.29) is 0 Å². The monoisotopic (exact) mass is 257 g/mol. The number of thiophene rings is 1. The molecule has 1 saturated heterocycles. The average molecular weight is 257 g/mol. The molecule has 0 spiro atoms. The molecule has 0 saturated carbocycles. The Hall–Kier alpha value is -1.11. The molecule has 1 aromatic heterocycles. The normalized spacial score (nSPS) is 18.9. The van der Waals surface area contributed by atoms with Crippen LogP contribution in [0, 0.1) is 0 Å². The zero-order valence-electron chi connectivity index (χ0n) is 9.56. The summed E-state index contributed by atoms with van der Waals surface area (Å²) in [6.45, 7) is 1.03. The predicted octanol–water partition coefficient (Wildman–Crippen LogP) is 1.11. The molecule has 5 nitrogen and oxygen atoms in total. The maximum absolute atomic E-state index is 11.4. The lowest BCUT2D eigenvalue weighted by Crippen LogP contribution is -2.32. The molecule has 2 rings (SSSR count). The fraction of sp³-hybridized carbons (Fsp3) is 0.545. The van der Waals surface area contributed by atoms with Gasteiger partial charge < -0.3 is 20.3 Å². The molecule has 17 heavy (non-hydrogen) atoms. The number of hydrogen-bond acceptors (Lipinski definition) is 6. The maximum atomic E-state index is 11.4. The van der Waals surface area contributed by atoms with Crippen molar-refractivity contribution < 1.29 is 19.4 Å². The number of nitrogen functional groups attached to an aromatic ring is 1. The minimum absolute atomic E-state index is 0.349. The van der Waals surface area contributed by atoms with E-state index in [4.69, 9.17) is 10.5 Å². The van der Waals surface area contributed by atoms with Crippen molar-refractivity contribution in [3.8, 4) is 0 Å². The minimum Gasteiger partial charge on any atom is -0.465 e. The molecule has 3 N–H and O–H groups in total. The van der Waals surface area contributed by atoms with Gasteiger partial charge in [0, 0.05) is 30.9 Å². The maximum Gasteiger partial charge on any atom is 0.350 e. The molecule has 0 unspecified atom stereocenters. The van der Waals surface area contributed by atoms with Crippen LogP contribution in [0.1, 0.15) is 27.4 Å². The summed E-state index contributed by atoms with van der Waals surface area (Å²) < 4.78 is 9.85. The third-order valence-corrected chi connectivity index (χ3v) is 4.23. The van der Waals surface area contributed by atoms with Crippen LogP contribution in [0.25, 0.3) is 0 Å². The number of rotatable bonds is 2. The Bertz CT molecular complexity index is 423. The summed E-state index contributed by atoms with van der Waals surface area (Å²) in [6, 6.07) is 1.65. The Morgan fingerprint density at radius 3 is 2.82 bits per heavy atom. The van der Waals surface area contributed by atoms with Crippen LogP contribution in [0.2, 0.25) is 0 Å². The molecule has 0 aliphatic carbocycles. The Labute approximate surface area is 103 Å². The lowest BCUT2D eigenvalue weighted by Gasteiger charge is -2.30. The first-order chi connectivity index (χ1) is 8.07. The van der Waals surface area contributed by atoms with E-state index in [2.05, 4.69) is 4.74 Å². The highest BCUT2D eigenvalue weighted by Gasteiger charge is 2.34. The second-order valence-corrected chi connectivity index (χ2v) is 5.08. The number of carbonyl (C=O) groups excluding carboxylic acids is 1. The van der Waals surface area contributed by atoms with Gasteiger partial charge in [0.05, 0.1) is 12.8 Å².